The second-order valence-corrected chi connectivity index (χ2v) is 4.49. The summed E-state index contributed by atoms with van der Waals surface area (Å²) < 4.78 is 1.89. The van der Waals surface area contributed by atoms with Crippen LogP contribution in [0.3, 0.4) is 0 Å². The normalized spacial score (nSPS) is 13.0. The van der Waals surface area contributed by atoms with Gasteiger partial charge in [-0.2, -0.15) is 5.10 Å². The van der Waals surface area contributed by atoms with Crippen molar-refractivity contribution in [2.75, 3.05) is 6.54 Å². The van der Waals surface area contributed by atoms with Gasteiger partial charge in [0.25, 0.3) is 0 Å². The van der Waals surface area contributed by atoms with Gasteiger partial charge in [0.15, 0.2) is 0 Å². The molecule has 0 spiro atoms. The fourth-order valence-electron chi connectivity index (χ4n) is 1.99. The van der Waals surface area contributed by atoms with E-state index >= 15 is 0 Å². The topological polar surface area (TPSA) is 72.5 Å². The van der Waals surface area contributed by atoms with Gasteiger partial charge >= 0.3 is 0 Å². The Bertz CT molecular complexity index is 523. The van der Waals surface area contributed by atoms with E-state index in [1.807, 2.05) is 24.9 Å². The number of nitrogens with two attached hydrogens (primary N) is 1. The van der Waals surface area contributed by atoms with Crippen molar-refractivity contribution in [1.82, 2.24) is 19.7 Å². The van der Waals surface area contributed by atoms with E-state index in [1.165, 1.54) is 0 Å². The van der Waals surface area contributed by atoms with Gasteiger partial charge in [0.1, 0.15) is 5.82 Å². The molecule has 92 valence electrons. The number of nitrogens with one attached hydrogen (secondary N) is 1. The van der Waals surface area contributed by atoms with Crippen molar-refractivity contribution >= 4 is 0 Å². The Kier molecular flexibility index (Phi) is 3.02. The molecule has 1 unspecified atom stereocenters. The molecule has 0 saturated heterocycles. The van der Waals surface area contributed by atoms with Crippen molar-refractivity contribution in [2.45, 2.75) is 26.7 Å². The van der Waals surface area contributed by atoms with E-state index in [1.54, 1.807) is 0 Å². The average Bonchev–Trinajstić information content (AvgIpc) is 2.85. The van der Waals surface area contributed by atoms with Crippen LogP contribution in [0.2, 0.25) is 0 Å². The van der Waals surface area contributed by atoms with Crippen LogP contribution in [0, 0.1) is 13.8 Å². The summed E-state index contributed by atoms with van der Waals surface area (Å²) in [6.07, 6.45) is 1.86. The molecule has 17 heavy (non-hydrogen) atoms. The van der Waals surface area contributed by atoms with Gasteiger partial charge in [0, 0.05) is 30.8 Å². The van der Waals surface area contributed by atoms with E-state index in [0.29, 0.717) is 6.54 Å². The molecular weight excluding hydrogens is 214 g/mol. The van der Waals surface area contributed by atoms with Crippen LogP contribution < -0.4 is 5.73 Å². The zero-order valence-electron chi connectivity index (χ0n) is 10.8. The second-order valence-electron chi connectivity index (χ2n) is 4.49. The number of nitrogens with zero attached hydrogens (tertiary/aromatic N) is 3. The number of rotatable bonds is 3. The molecule has 2 rings (SSSR count). The summed E-state index contributed by atoms with van der Waals surface area (Å²) in [7, 11) is 1.95. The average molecular weight is 233 g/mol. The van der Waals surface area contributed by atoms with Crippen LogP contribution in [0.15, 0.2) is 6.20 Å². The van der Waals surface area contributed by atoms with E-state index in [2.05, 4.69) is 28.9 Å². The number of aromatic amines is 1. The van der Waals surface area contributed by atoms with Gasteiger partial charge in [-0.1, -0.05) is 6.92 Å². The second kappa shape index (κ2) is 4.33. The molecule has 5 nitrogen and oxygen atoms in total. The Labute approximate surface area is 101 Å². The minimum atomic E-state index is 0.251. The van der Waals surface area contributed by atoms with E-state index in [-0.39, 0.29) is 5.92 Å². The number of hydrogen-bond acceptors (Lipinski definition) is 3. The summed E-state index contributed by atoms with van der Waals surface area (Å²) in [4.78, 5) is 7.71. The lowest BCUT2D eigenvalue weighted by atomic mass is 10.1. The van der Waals surface area contributed by atoms with Crippen molar-refractivity contribution in [1.29, 1.82) is 0 Å². The lowest BCUT2D eigenvalue weighted by Gasteiger charge is -2.03. The van der Waals surface area contributed by atoms with Crippen LogP contribution in [0.1, 0.15) is 30.1 Å². The van der Waals surface area contributed by atoms with Crippen molar-refractivity contribution in [2.24, 2.45) is 12.8 Å². The first-order valence-corrected chi connectivity index (χ1v) is 5.80. The minimum absolute atomic E-state index is 0.251. The third kappa shape index (κ3) is 1.98. The molecule has 0 amide bonds. The van der Waals surface area contributed by atoms with Crippen LogP contribution in [0.4, 0.5) is 0 Å². The van der Waals surface area contributed by atoms with Crippen LogP contribution in [-0.4, -0.2) is 26.3 Å². The molecule has 1 atom stereocenters. The lowest BCUT2D eigenvalue weighted by Crippen LogP contribution is -2.10. The highest BCUT2D eigenvalue weighted by molar-refractivity contribution is 5.64. The summed E-state index contributed by atoms with van der Waals surface area (Å²) in [5.74, 6) is 1.19. The summed E-state index contributed by atoms with van der Waals surface area (Å²) >= 11 is 0. The number of aryl methyl sites for hydroxylation is 2. The van der Waals surface area contributed by atoms with E-state index < -0.39 is 0 Å². The first-order chi connectivity index (χ1) is 8.04. The largest absolute Gasteiger partial charge is 0.342 e. The fourth-order valence-corrected chi connectivity index (χ4v) is 1.99. The molecule has 0 aliphatic carbocycles. The summed E-state index contributed by atoms with van der Waals surface area (Å²) in [6, 6.07) is 0. The molecule has 2 aromatic heterocycles. The molecule has 0 radical (unpaired) electrons. The highest BCUT2D eigenvalue weighted by Gasteiger charge is 2.15. The lowest BCUT2D eigenvalue weighted by molar-refractivity contribution is 0.724. The molecule has 0 bridgehead atoms. The maximum atomic E-state index is 5.64. The van der Waals surface area contributed by atoms with Crippen molar-refractivity contribution < 1.29 is 0 Å². The number of H-pyrrole nitrogens is 1. The van der Waals surface area contributed by atoms with Gasteiger partial charge in [-0.05, 0) is 13.8 Å². The highest BCUT2D eigenvalue weighted by atomic mass is 15.3. The Morgan fingerprint density at radius 2 is 2.18 bits per heavy atom. The maximum Gasteiger partial charge on any atom is 0.110 e. The van der Waals surface area contributed by atoms with Crippen molar-refractivity contribution in [3.63, 3.8) is 0 Å². The molecular formula is C12H19N5. The first-order valence-electron chi connectivity index (χ1n) is 5.80. The maximum absolute atomic E-state index is 5.64. The molecule has 2 heterocycles. The van der Waals surface area contributed by atoms with Gasteiger partial charge in [0.05, 0.1) is 17.6 Å². The Morgan fingerprint density at radius 1 is 1.47 bits per heavy atom. The summed E-state index contributed by atoms with van der Waals surface area (Å²) in [6.45, 7) is 6.72. The van der Waals surface area contributed by atoms with Gasteiger partial charge in [0.2, 0.25) is 0 Å². The van der Waals surface area contributed by atoms with Crippen LogP contribution in [0.25, 0.3) is 11.3 Å². The van der Waals surface area contributed by atoms with E-state index in [9.17, 15) is 0 Å². The van der Waals surface area contributed by atoms with Crippen LogP contribution in [-0.2, 0) is 7.05 Å². The quantitative estimate of drug-likeness (QED) is 0.843. The van der Waals surface area contributed by atoms with Gasteiger partial charge in [-0.25, -0.2) is 4.98 Å². The predicted octanol–water partition coefficient (Wildman–Crippen LogP) is 1.49. The summed E-state index contributed by atoms with van der Waals surface area (Å²) in [5, 5.41) is 4.41. The third-order valence-electron chi connectivity index (χ3n) is 3.19. The standard InChI is InChI=1S/C12H19N5/c1-7(5-13)12-14-6-10(15-12)11-8(2)16-17(4)9(11)3/h6-7H,5,13H2,1-4H3,(H,14,15). The fraction of sp³-hybridized carbons (Fsp3) is 0.500. The molecule has 0 fully saturated rings. The molecule has 3 N–H and O–H groups in total. The van der Waals surface area contributed by atoms with Gasteiger partial charge < -0.3 is 10.7 Å². The van der Waals surface area contributed by atoms with Crippen LogP contribution >= 0.6 is 0 Å². The van der Waals surface area contributed by atoms with Gasteiger partial charge in [-0.15, -0.1) is 0 Å². The molecule has 5 heteroatoms. The van der Waals surface area contributed by atoms with Crippen LogP contribution in [0.5, 0.6) is 0 Å². The van der Waals surface area contributed by atoms with Crippen molar-refractivity contribution in [3.8, 4) is 11.3 Å². The number of hydrogen-bond donors (Lipinski definition) is 2. The molecule has 0 aliphatic heterocycles. The van der Waals surface area contributed by atoms with Gasteiger partial charge in [-0.3, -0.25) is 4.68 Å². The monoisotopic (exact) mass is 233 g/mol. The minimum Gasteiger partial charge on any atom is -0.342 e. The molecule has 0 aliphatic rings. The molecule has 0 saturated carbocycles. The number of aromatic nitrogens is 4. The highest BCUT2D eigenvalue weighted by Crippen LogP contribution is 2.25. The Balaban J connectivity index is 2.43. The number of imidazole rings is 1. The third-order valence-corrected chi connectivity index (χ3v) is 3.19. The van der Waals surface area contributed by atoms with E-state index in [4.69, 9.17) is 5.73 Å². The zero-order valence-corrected chi connectivity index (χ0v) is 10.8. The first kappa shape index (κ1) is 11.9. The zero-order chi connectivity index (χ0) is 12.6. The Hall–Kier alpha value is -1.62. The summed E-state index contributed by atoms with van der Waals surface area (Å²) in [5.41, 5.74) is 9.94. The SMILES string of the molecule is Cc1nn(C)c(C)c1-c1cnc(C(C)CN)[nH]1. The smallest absolute Gasteiger partial charge is 0.110 e. The van der Waals surface area contributed by atoms with E-state index in [0.717, 1.165) is 28.5 Å². The molecule has 0 aromatic carbocycles. The van der Waals surface area contributed by atoms with Crippen molar-refractivity contribution in [3.05, 3.63) is 23.4 Å². The Morgan fingerprint density at radius 3 is 2.71 bits per heavy atom. The predicted molar refractivity (Wildman–Crippen MR) is 67.7 cm³/mol. The molecule has 2 aromatic rings.